The predicted molar refractivity (Wildman–Crippen MR) is 167 cm³/mol. The van der Waals surface area contributed by atoms with E-state index in [2.05, 4.69) is 17.5 Å². The summed E-state index contributed by atoms with van der Waals surface area (Å²) in [5, 5.41) is 14.5. The molecule has 3 aliphatic rings. The maximum Gasteiger partial charge on any atom is 0.407 e. The first kappa shape index (κ1) is 33.2. The molecule has 2 N–H and O–H groups in total. The number of fused-ring (bicyclic) bond motifs is 2. The van der Waals surface area contributed by atoms with Crippen LogP contribution < -0.4 is 14.8 Å². The first-order valence-electron chi connectivity index (χ1n) is 15.7. The number of carbonyl (C=O) groups is 1. The number of aliphatic hydroxyl groups is 1. The highest BCUT2D eigenvalue weighted by Crippen LogP contribution is 2.34. The SMILES string of the molecule is COc1ccc2c(c1)OCCCC/C=C\CCCN(C[C@@H](O)[C@H](Cc1ccccc1)NC(=O)O[C@H]1CO[C@H]3OCC[C@H]31)S2(=O)=O. The lowest BCUT2D eigenvalue weighted by molar-refractivity contribution is -0.0907. The summed E-state index contributed by atoms with van der Waals surface area (Å²) in [5.74, 6) is 0.648. The Hall–Kier alpha value is -3.16. The van der Waals surface area contributed by atoms with Crippen molar-refractivity contribution >= 4 is 16.1 Å². The van der Waals surface area contributed by atoms with Crippen LogP contribution in [0, 0.1) is 5.92 Å². The molecule has 0 radical (unpaired) electrons. The quantitative estimate of drug-likeness (QED) is 0.409. The molecule has 2 saturated heterocycles. The second kappa shape index (κ2) is 15.9. The van der Waals surface area contributed by atoms with Gasteiger partial charge < -0.3 is 34.1 Å². The fourth-order valence-electron chi connectivity index (χ4n) is 5.92. The molecule has 246 valence electrons. The van der Waals surface area contributed by atoms with Crippen LogP contribution in [0.15, 0.2) is 65.6 Å². The van der Waals surface area contributed by atoms with Crippen LogP contribution in [0.3, 0.4) is 0 Å². The second-order valence-electron chi connectivity index (χ2n) is 11.6. The standard InChI is InChI=1S/C33H44N2O9S/c1-40-25-14-15-31-29(21-25)41-18-11-6-4-2-3-5-10-17-35(45(31,38)39)22-28(36)27(20-24-12-8-7-9-13-24)34-33(37)44-30-23-43-32-26(30)16-19-42-32/h2-3,7-9,12-15,21,26-28,30,32,36H,4-6,10-11,16-20,22-23H2,1H3,(H,34,37)/b3-2-/t26-,27-,28+,30-,32+/m0/s1. The second-order valence-corrected chi connectivity index (χ2v) is 13.5. The van der Waals surface area contributed by atoms with Crippen LogP contribution in [0.1, 0.15) is 44.1 Å². The van der Waals surface area contributed by atoms with Crippen LogP contribution in [0.25, 0.3) is 0 Å². The van der Waals surface area contributed by atoms with E-state index in [4.69, 9.17) is 23.7 Å². The Morgan fingerprint density at radius 2 is 1.87 bits per heavy atom. The van der Waals surface area contributed by atoms with E-state index in [1.807, 2.05) is 30.3 Å². The number of carbonyl (C=O) groups excluding carboxylic acids is 1. The van der Waals surface area contributed by atoms with Gasteiger partial charge in [0.25, 0.3) is 0 Å². The van der Waals surface area contributed by atoms with Gasteiger partial charge in [-0.2, -0.15) is 4.31 Å². The molecule has 2 aromatic rings. The summed E-state index contributed by atoms with van der Waals surface area (Å²) in [4.78, 5) is 13.1. The van der Waals surface area contributed by atoms with Crippen molar-refractivity contribution in [1.82, 2.24) is 9.62 Å². The monoisotopic (exact) mass is 644 g/mol. The number of hydrogen-bond donors (Lipinski definition) is 2. The highest BCUT2D eigenvalue weighted by atomic mass is 32.2. The lowest BCUT2D eigenvalue weighted by Crippen LogP contribution is -2.51. The van der Waals surface area contributed by atoms with Crippen molar-refractivity contribution < 1.29 is 42.0 Å². The van der Waals surface area contributed by atoms with Gasteiger partial charge in [-0.1, -0.05) is 42.5 Å². The Morgan fingerprint density at radius 3 is 2.67 bits per heavy atom. The number of hydrogen-bond acceptors (Lipinski definition) is 9. The summed E-state index contributed by atoms with van der Waals surface area (Å²) in [6, 6.07) is 13.2. The lowest BCUT2D eigenvalue weighted by Gasteiger charge is -2.30. The van der Waals surface area contributed by atoms with Crippen LogP contribution in [0.4, 0.5) is 4.79 Å². The van der Waals surface area contributed by atoms with E-state index >= 15 is 0 Å². The number of ether oxygens (including phenoxy) is 5. The van der Waals surface area contributed by atoms with Crippen molar-refractivity contribution in [2.24, 2.45) is 5.92 Å². The molecule has 0 spiro atoms. The van der Waals surface area contributed by atoms with Crippen LogP contribution in [0.2, 0.25) is 0 Å². The number of rotatable bonds is 8. The first-order valence-corrected chi connectivity index (χ1v) is 17.2. The first-order chi connectivity index (χ1) is 21.8. The Bertz CT molecular complexity index is 1390. The maximum absolute atomic E-state index is 14.2. The molecule has 0 aliphatic carbocycles. The maximum atomic E-state index is 14.2. The molecule has 12 heteroatoms. The molecule has 2 aromatic carbocycles. The van der Waals surface area contributed by atoms with Crippen LogP contribution >= 0.6 is 0 Å². The van der Waals surface area contributed by atoms with Gasteiger partial charge in [0.1, 0.15) is 22.5 Å². The Kier molecular flexibility index (Phi) is 11.7. The molecule has 3 aliphatic heterocycles. The molecule has 3 heterocycles. The summed E-state index contributed by atoms with van der Waals surface area (Å²) in [6.45, 7) is 1.06. The van der Waals surface area contributed by atoms with Gasteiger partial charge in [-0.05, 0) is 62.6 Å². The summed E-state index contributed by atoms with van der Waals surface area (Å²) in [7, 11) is -2.61. The zero-order valence-corrected chi connectivity index (χ0v) is 26.5. The lowest BCUT2D eigenvalue weighted by atomic mass is 10.0. The number of alkyl carbamates (subject to hydrolysis) is 1. The molecule has 0 unspecified atom stereocenters. The van der Waals surface area contributed by atoms with Crippen molar-refractivity contribution in [1.29, 1.82) is 0 Å². The number of benzene rings is 2. The fraction of sp³-hybridized carbons (Fsp3) is 0.545. The number of sulfonamides is 1. The number of methoxy groups -OCH3 is 1. The van der Waals surface area contributed by atoms with Gasteiger partial charge in [0.15, 0.2) is 6.29 Å². The normalized spacial score (nSPS) is 25.9. The molecule has 45 heavy (non-hydrogen) atoms. The minimum Gasteiger partial charge on any atom is -0.497 e. The third-order valence-electron chi connectivity index (χ3n) is 8.44. The molecule has 5 rings (SSSR count). The van der Waals surface area contributed by atoms with Gasteiger partial charge in [0.05, 0.1) is 45.0 Å². The van der Waals surface area contributed by atoms with E-state index in [-0.39, 0.29) is 49.0 Å². The zero-order chi connectivity index (χ0) is 31.6. The summed E-state index contributed by atoms with van der Waals surface area (Å²) in [6.07, 6.45) is 6.25. The van der Waals surface area contributed by atoms with Gasteiger partial charge in [-0.25, -0.2) is 13.2 Å². The van der Waals surface area contributed by atoms with Crippen LogP contribution in [0.5, 0.6) is 11.5 Å². The minimum atomic E-state index is -4.12. The van der Waals surface area contributed by atoms with Crippen molar-refractivity contribution in [3.63, 3.8) is 0 Å². The molecule has 5 atom stereocenters. The molecular weight excluding hydrogens is 600 g/mol. The van der Waals surface area contributed by atoms with Gasteiger partial charge in [-0.15, -0.1) is 0 Å². The van der Waals surface area contributed by atoms with E-state index in [0.717, 1.165) is 31.2 Å². The van der Waals surface area contributed by atoms with Crippen molar-refractivity contribution in [3.05, 3.63) is 66.2 Å². The number of amides is 1. The molecule has 0 bridgehead atoms. The van der Waals surface area contributed by atoms with E-state index in [0.29, 0.717) is 31.8 Å². The Morgan fingerprint density at radius 1 is 1.07 bits per heavy atom. The third-order valence-corrected chi connectivity index (χ3v) is 10.3. The number of allylic oxidation sites excluding steroid dienone is 2. The average molecular weight is 645 g/mol. The average Bonchev–Trinajstić information content (AvgIpc) is 3.66. The Labute approximate surface area is 265 Å². The highest BCUT2D eigenvalue weighted by molar-refractivity contribution is 7.89. The minimum absolute atomic E-state index is 0.00431. The van der Waals surface area contributed by atoms with Gasteiger partial charge >= 0.3 is 6.09 Å². The fourth-order valence-corrected chi connectivity index (χ4v) is 7.52. The van der Waals surface area contributed by atoms with Crippen LogP contribution in [-0.4, -0.2) is 88.5 Å². The van der Waals surface area contributed by atoms with E-state index in [1.54, 1.807) is 12.1 Å². The highest BCUT2D eigenvalue weighted by Gasteiger charge is 2.44. The van der Waals surface area contributed by atoms with E-state index < -0.39 is 34.4 Å². The summed E-state index contributed by atoms with van der Waals surface area (Å²) >= 11 is 0. The number of nitrogens with one attached hydrogen (secondary N) is 1. The van der Waals surface area contributed by atoms with Crippen LogP contribution in [-0.2, 0) is 30.7 Å². The smallest absolute Gasteiger partial charge is 0.407 e. The molecule has 0 saturated carbocycles. The predicted octanol–water partition coefficient (Wildman–Crippen LogP) is 4.04. The molecule has 0 aromatic heterocycles. The third kappa shape index (κ3) is 8.76. The van der Waals surface area contributed by atoms with Crippen molar-refractivity contribution in [2.45, 2.75) is 74.4 Å². The van der Waals surface area contributed by atoms with E-state index in [1.165, 1.54) is 17.5 Å². The Balaban J connectivity index is 1.37. The molecule has 1 amide bonds. The largest absolute Gasteiger partial charge is 0.497 e. The number of aliphatic hydroxyl groups excluding tert-OH is 1. The zero-order valence-electron chi connectivity index (χ0n) is 25.7. The van der Waals surface area contributed by atoms with Gasteiger partial charge in [-0.3, -0.25) is 0 Å². The van der Waals surface area contributed by atoms with E-state index in [9.17, 15) is 18.3 Å². The topological polar surface area (TPSA) is 133 Å². The number of nitrogens with zero attached hydrogens (tertiary/aromatic N) is 1. The summed E-state index contributed by atoms with van der Waals surface area (Å²) in [5.41, 5.74) is 0.871. The molecule has 11 nitrogen and oxygen atoms in total. The summed E-state index contributed by atoms with van der Waals surface area (Å²) < 4.78 is 57.9. The van der Waals surface area contributed by atoms with Crippen molar-refractivity contribution in [2.75, 3.05) is 40.0 Å². The van der Waals surface area contributed by atoms with Crippen molar-refractivity contribution in [3.8, 4) is 11.5 Å². The molecular formula is C33H44N2O9S. The number of β-amino-alcohol motifs (C(OH)–C–C–N with tert-alkyl or cyclic N) is 1. The van der Waals surface area contributed by atoms with Gasteiger partial charge in [0.2, 0.25) is 10.0 Å². The molecule has 2 fully saturated rings. The van der Waals surface area contributed by atoms with Gasteiger partial charge in [0, 0.05) is 19.2 Å².